The molecular formula is C24H30N2O3. The molecule has 1 aromatic heterocycles. The van der Waals surface area contributed by atoms with Crippen molar-refractivity contribution in [3.63, 3.8) is 0 Å². The van der Waals surface area contributed by atoms with Crippen LogP contribution in [0.25, 0.3) is 10.9 Å². The summed E-state index contributed by atoms with van der Waals surface area (Å²) in [7, 11) is 0. The van der Waals surface area contributed by atoms with Crippen molar-refractivity contribution in [1.82, 2.24) is 9.88 Å². The third-order valence-electron chi connectivity index (χ3n) is 6.18. The molecule has 3 heterocycles. The van der Waals surface area contributed by atoms with Gasteiger partial charge >= 0.3 is 5.97 Å². The Morgan fingerprint density at radius 3 is 2.79 bits per heavy atom. The molecule has 0 amide bonds. The monoisotopic (exact) mass is 394 g/mol. The van der Waals surface area contributed by atoms with Crippen molar-refractivity contribution in [2.24, 2.45) is 11.8 Å². The van der Waals surface area contributed by atoms with E-state index in [0.717, 1.165) is 37.7 Å². The molecular weight excluding hydrogens is 364 g/mol. The minimum atomic E-state index is -0.606. The van der Waals surface area contributed by atoms with Crippen LogP contribution in [0.4, 0.5) is 0 Å². The van der Waals surface area contributed by atoms with E-state index in [4.69, 9.17) is 4.74 Å². The number of piperidine rings is 1. The third-order valence-corrected chi connectivity index (χ3v) is 6.18. The molecule has 1 fully saturated rings. The second-order valence-electron chi connectivity index (χ2n) is 9.15. The highest BCUT2D eigenvalue weighted by Crippen LogP contribution is 2.45. The third kappa shape index (κ3) is 3.60. The number of ether oxygens (including phenoxy) is 1. The van der Waals surface area contributed by atoms with Gasteiger partial charge in [-0.1, -0.05) is 24.3 Å². The molecule has 2 N–H and O–H groups in total. The van der Waals surface area contributed by atoms with Gasteiger partial charge < -0.3 is 14.8 Å². The van der Waals surface area contributed by atoms with Gasteiger partial charge in [0, 0.05) is 35.6 Å². The van der Waals surface area contributed by atoms with E-state index in [0.29, 0.717) is 5.57 Å². The fraction of sp³-hybridized carbons (Fsp3) is 0.458. The molecule has 0 saturated carbocycles. The van der Waals surface area contributed by atoms with E-state index in [1.54, 1.807) is 0 Å². The van der Waals surface area contributed by atoms with Crippen LogP contribution in [-0.2, 0) is 16.0 Å². The molecule has 1 aromatic carbocycles. The number of para-hydroxylation sites is 1. The number of hydrogen-bond donors (Lipinski definition) is 2. The number of nitrogens with one attached hydrogen (secondary N) is 1. The normalized spacial score (nSPS) is 25.3. The van der Waals surface area contributed by atoms with E-state index in [1.807, 2.05) is 26.8 Å². The Hall–Kier alpha value is -2.53. The van der Waals surface area contributed by atoms with Crippen molar-refractivity contribution >= 4 is 16.9 Å². The van der Waals surface area contributed by atoms with E-state index in [2.05, 4.69) is 40.7 Å². The maximum Gasteiger partial charge on any atom is 0.337 e. The summed E-state index contributed by atoms with van der Waals surface area (Å²) in [5.41, 5.74) is 3.51. The van der Waals surface area contributed by atoms with Crippen molar-refractivity contribution in [3.05, 3.63) is 60.0 Å². The van der Waals surface area contributed by atoms with Crippen LogP contribution in [0, 0.1) is 11.8 Å². The molecule has 0 spiro atoms. The number of aromatic nitrogens is 1. The van der Waals surface area contributed by atoms with Gasteiger partial charge in [0.15, 0.2) is 0 Å². The second-order valence-corrected chi connectivity index (χ2v) is 9.15. The van der Waals surface area contributed by atoms with Crippen LogP contribution in [0.5, 0.6) is 0 Å². The van der Waals surface area contributed by atoms with E-state index in [-0.39, 0.29) is 17.9 Å². The van der Waals surface area contributed by atoms with Crippen molar-refractivity contribution in [1.29, 1.82) is 0 Å². The van der Waals surface area contributed by atoms with E-state index in [9.17, 15) is 9.90 Å². The maximum absolute atomic E-state index is 12.8. The van der Waals surface area contributed by atoms with Gasteiger partial charge in [0.1, 0.15) is 5.60 Å². The average molecular weight is 395 g/mol. The molecule has 5 nitrogen and oxygen atoms in total. The van der Waals surface area contributed by atoms with Crippen LogP contribution in [0.2, 0.25) is 0 Å². The van der Waals surface area contributed by atoms with Gasteiger partial charge in [-0.3, -0.25) is 4.90 Å². The molecule has 3 atom stereocenters. The van der Waals surface area contributed by atoms with Gasteiger partial charge in [-0.25, -0.2) is 4.79 Å². The highest BCUT2D eigenvalue weighted by molar-refractivity contribution is 5.89. The molecule has 2 aliphatic heterocycles. The molecule has 154 valence electrons. The first-order valence-electron chi connectivity index (χ1n) is 10.4. The van der Waals surface area contributed by atoms with Gasteiger partial charge in [-0.05, 0) is 51.2 Å². The lowest BCUT2D eigenvalue weighted by Crippen LogP contribution is -2.46. The number of rotatable bonds is 3. The van der Waals surface area contributed by atoms with Crippen LogP contribution in [-0.4, -0.2) is 39.7 Å². The number of esters is 1. The average Bonchev–Trinajstić information content (AvgIpc) is 3.05. The van der Waals surface area contributed by atoms with Crippen LogP contribution < -0.4 is 0 Å². The molecule has 2 aromatic rings. The Kier molecular flexibility index (Phi) is 5.03. The van der Waals surface area contributed by atoms with Gasteiger partial charge in [-0.2, -0.15) is 0 Å². The van der Waals surface area contributed by atoms with Crippen LogP contribution >= 0.6 is 0 Å². The Morgan fingerprint density at radius 1 is 1.34 bits per heavy atom. The summed E-state index contributed by atoms with van der Waals surface area (Å²) in [6.45, 7) is 11.3. The topological polar surface area (TPSA) is 65.6 Å². The fourth-order valence-electron chi connectivity index (χ4n) is 4.90. The van der Waals surface area contributed by atoms with Crippen molar-refractivity contribution in [2.45, 2.75) is 45.3 Å². The van der Waals surface area contributed by atoms with E-state index >= 15 is 0 Å². The summed E-state index contributed by atoms with van der Waals surface area (Å²) >= 11 is 0. The Bertz CT molecular complexity index is 966. The molecule has 0 unspecified atom stereocenters. The molecule has 0 aliphatic carbocycles. The number of fused-ring (bicyclic) bond motifs is 5. The minimum Gasteiger partial charge on any atom is -0.515 e. The first kappa shape index (κ1) is 19.8. The summed E-state index contributed by atoms with van der Waals surface area (Å²) in [6, 6.07) is 8.60. The zero-order valence-corrected chi connectivity index (χ0v) is 17.4. The predicted molar refractivity (Wildman–Crippen MR) is 115 cm³/mol. The van der Waals surface area contributed by atoms with Crippen LogP contribution in [0.1, 0.15) is 44.5 Å². The first-order valence-corrected chi connectivity index (χ1v) is 10.4. The Morgan fingerprint density at radius 2 is 2.10 bits per heavy atom. The lowest BCUT2D eigenvalue weighted by atomic mass is 9.75. The minimum absolute atomic E-state index is 0.0862. The Balaban J connectivity index is 1.68. The number of aliphatic hydroxyl groups excluding tert-OH is 1. The molecule has 5 heteroatoms. The smallest absolute Gasteiger partial charge is 0.337 e. The number of aromatic amines is 1. The first-order chi connectivity index (χ1) is 13.8. The van der Waals surface area contributed by atoms with Crippen molar-refractivity contribution in [2.75, 3.05) is 13.1 Å². The number of benzene rings is 1. The summed E-state index contributed by atoms with van der Waals surface area (Å²) in [4.78, 5) is 18.9. The highest BCUT2D eigenvalue weighted by Gasteiger charge is 2.42. The number of carbonyl (C=O) groups excluding carboxylic acids is 1. The summed E-state index contributed by atoms with van der Waals surface area (Å²) < 4.78 is 5.57. The van der Waals surface area contributed by atoms with Crippen LogP contribution in [0.15, 0.2) is 48.8 Å². The summed E-state index contributed by atoms with van der Waals surface area (Å²) in [6.07, 6.45) is 4.61. The maximum atomic E-state index is 12.8. The number of H-pyrrole nitrogens is 1. The molecule has 0 radical (unpaired) electrons. The molecule has 4 rings (SSSR count). The van der Waals surface area contributed by atoms with Crippen LogP contribution in [0.3, 0.4) is 0 Å². The van der Waals surface area contributed by atoms with Gasteiger partial charge in [0.05, 0.1) is 17.9 Å². The fourth-order valence-corrected chi connectivity index (χ4v) is 4.90. The van der Waals surface area contributed by atoms with Crippen molar-refractivity contribution in [3.8, 4) is 0 Å². The van der Waals surface area contributed by atoms with Gasteiger partial charge in [-0.15, -0.1) is 6.58 Å². The zero-order valence-electron chi connectivity index (χ0n) is 17.4. The quantitative estimate of drug-likeness (QED) is 0.344. The molecule has 1 saturated heterocycles. The molecule has 0 bridgehead atoms. The van der Waals surface area contributed by atoms with Crippen molar-refractivity contribution < 1.29 is 14.6 Å². The molecule has 2 aliphatic rings. The van der Waals surface area contributed by atoms with Gasteiger partial charge in [0.2, 0.25) is 0 Å². The predicted octanol–water partition coefficient (Wildman–Crippen LogP) is 4.67. The number of carbonyl (C=O) groups is 1. The Labute approximate surface area is 172 Å². The summed E-state index contributed by atoms with van der Waals surface area (Å²) in [5, 5.41) is 11.2. The lowest BCUT2D eigenvalue weighted by molar-refractivity contribution is -0.151. The standard InChI is InChI=1S/C24H30N2O3/c1-5-15-13-26-11-10-17-16-8-6-7-9-20(16)25-22(17)21(26)12-18(15)19(14-27)23(28)29-24(2,3)4/h5-9,14-15,18,21,25,27H,1,10-13H2,2-4H3/b19-14-/t15-,18-,21+/m0/s1. The number of nitrogens with zero attached hydrogens (tertiary/aromatic N) is 1. The number of hydrogen-bond acceptors (Lipinski definition) is 4. The van der Waals surface area contributed by atoms with Gasteiger partial charge in [0.25, 0.3) is 0 Å². The lowest BCUT2D eigenvalue weighted by Gasteiger charge is -2.45. The number of aliphatic hydroxyl groups is 1. The SMILES string of the molecule is C=C[C@H]1CN2CCc3c([nH]c4ccccc34)[C@H]2C[C@@H]1/C(=C/O)C(=O)OC(C)(C)C. The highest BCUT2D eigenvalue weighted by atomic mass is 16.6. The molecule has 29 heavy (non-hydrogen) atoms. The van der Waals surface area contributed by atoms with E-state index < -0.39 is 11.6 Å². The zero-order chi connectivity index (χ0) is 20.8. The second kappa shape index (κ2) is 7.38. The largest absolute Gasteiger partial charge is 0.515 e. The summed E-state index contributed by atoms with van der Waals surface area (Å²) in [5.74, 6) is -0.493. The van der Waals surface area contributed by atoms with E-state index in [1.165, 1.54) is 16.6 Å².